The maximum absolute atomic E-state index is 12.0. The third-order valence-electron chi connectivity index (χ3n) is 4.20. The van der Waals surface area contributed by atoms with E-state index in [1.807, 2.05) is 54.0 Å². The Morgan fingerprint density at radius 2 is 1.93 bits per heavy atom. The molecule has 2 heterocycles. The molecule has 0 bridgehead atoms. The number of carbonyl (C=O) groups excluding carboxylic acids is 1. The lowest BCUT2D eigenvalue weighted by Gasteiger charge is -2.05. The normalized spacial score (nSPS) is 11.3. The van der Waals surface area contributed by atoms with E-state index in [4.69, 9.17) is 11.6 Å². The van der Waals surface area contributed by atoms with Crippen molar-refractivity contribution in [3.8, 4) is 0 Å². The number of rotatable bonds is 5. The Morgan fingerprint density at radius 1 is 1.11 bits per heavy atom. The van der Waals surface area contributed by atoms with Crippen LogP contribution in [0.2, 0.25) is 5.02 Å². The van der Waals surface area contributed by atoms with Crippen molar-refractivity contribution in [1.82, 2.24) is 9.99 Å². The summed E-state index contributed by atoms with van der Waals surface area (Å²) in [5, 5.41) is 7.81. The second-order valence-electron chi connectivity index (χ2n) is 6.03. The topological polar surface area (TPSA) is 46.4 Å². The number of hydrogen-bond acceptors (Lipinski definition) is 3. The van der Waals surface area contributed by atoms with Gasteiger partial charge in [0.15, 0.2) is 0 Å². The van der Waals surface area contributed by atoms with Gasteiger partial charge in [0.1, 0.15) is 0 Å². The highest BCUT2D eigenvalue weighted by Crippen LogP contribution is 2.22. The average Bonchev–Trinajstić information content (AvgIpc) is 3.33. The molecule has 27 heavy (non-hydrogen) atoms. The lowest BCUT2D eigenvalue weighted by molar-refractivity contribution is 0.0959. The van der Waals surface area contributed by atoms with E-state index in [1.165, 1.54) is 11.3 Å². The largest absolute Gasteiger partial charge is 0.342 e. The van der Waals surface area contributed by atoms with Crippen LogP contribution in [0.4, 0.5) is 0 Å². The Morgan fingerprint density at radius 3 is 2.70 bits per heavy atom. The van der Waals surface area contributed by atoms with Crippen molar-refractivity contribution in [1.29, 1.82) is 0 Å². The molecule has 0 atom stereocenters. The average molecular weight is 394 g/mol. The smallest absolute Gasteiger partial charge is 0.281 e. The standard InChI is InChI=1S/C21H16ClN3OS/c22-17-9-7-15(8-10-17)13-25-14-16(18-4-1-2-5-19(18)25)12-23-24-21(26)20-6-3-11-27-20/h1-12,14H,13H2,(H,24,26)/b23-12-. The van der Waals surface area contributed by atoms with Crippen molar-refractivity contribution in [3.63, 3.8) is 0 Å². The molecule has 0 aliphatic carbocycles. The van der Waals surface area contributed by atoms with E-state index < -0.39 is 0 Å². The fraction of sp³-hybridized carbons (Fsp3) is 0.0476. The highest BCUT2D eigenvalue weighted by Gasteiger charge is 2.08. The second kappa shape index (κ2) is 7.78. The Kier molecular flexibility index (Phi) is 5.05. The second-order valence-corrected chi connectivity index (χ2v) is 7.42. The van der Waals surface area contributed by atoms with Crippen molar-refractivity contribution in [2.45, 2.75) is 6.54 Å². The summed E-state index contributed by atoms with van der Waals surface area (Å²) < 4.78 is 2.17. The molecular weight excluding hydrogens is 378 g/mol. The Hall–Kier alpha value is -2.89. The minimum atomic E-state index is -0.203. The number of benzene rings is 2. The third kappa shape index (κ3) is 3.94. The fourth-order valence-corrected chi connectivity index (χ4v) is 3.66. The first-order valence-corrected chi connectivity index (χ1v) is 9.66. The van der Waals surface area contributed by atoms with E-state index in [2.05, 4.69) is 27.2 Å². The summed E-state index contributed by atoms with van der Waals surface area (Å²) in [4.78, 5) is 12.6. The van der Waals surface area contributed by atoms with Crippen LogP contribution in [-0.4, -0.2) is 16.7 Å². The number of para-hydroxylation sites is 1. The van der Waals surface area contributed by atoms with Gasteiger partial charge in [-0.25, -0.2) is 5.43 Å². The Labute approximate surface area is 165 Å². The molecule has 0 fully saturated rings. The molecule has 2 aromatic carbocycles. The van der Waals surface area contributed by atoms with Gasteiger partial charge in [-0.3, -0.25) is 4.79 Å². The van der Waals surface area contributed by atoms with Gasteiger partial charge in [-0.15, -0.1) is 11.3 Å². The van der Waals surface area contributed by atoms with E-state index in [-0.39, 0.29) is 5.91 Å². The molecular formula is C21H16ClN3OS. The van der Waals surface area contributed by atoms with Crippen LogP contribution in [-0.2, 0) is 6.54 Å². The molecule has 4 rings (SSSR count). The lowest BCUT2D eigenvalue weighted by atomic mass is 10.2. The van der Waals surface area contributed by atoms with Gasteiger partial charge in [-0.05, 0) is 35.2 Å². The van der Waals surface area contributed by atoms with Gasteiger partial charge in [0.25, 0.3) is 5.91 Å². The number of halogens is 1. The Balaban J connectivity index is 1.58. The molecule has 0 saturated heterocycles. The first-order chi connectivity index (χ1) is 13.2. The zero-order chi connectivity index (χ0) is 18.6. The van der Waals surface area contributed by atoms with Gasteiger partial charge < -0.3 is 4.57 Å². The first-order valence-electron chi connectivity index (χ1n) is 8.40. The zero-order valence-corrected chi connectivity index (χ0v) is 15.9. The minimum absolute atomic E-state index is 0.203. The van der Waals surface area contributed by atoms with E-state index >= 15 is 0 Å². The molecule has 0 radical (unpaired) electrons. The summed E-state index contributed by atoms with van der Waals surface area (Å²) in [7, 11) is 0. The fourth-order valence-electron chi connectivity index (χ4n) is 2.92. The van der Waals surface area contributed by atoms with Crippen LogP contribution in [0.3, 0.4) is 0 Å². The maximum atomic E-state index is 12.0. The van der Waals surface area contributed by atoms with Crippen molar-refractivity contribution in [2.75, 3.05) is 0 Å². The molecule has 1 amide bonds. The molecule has 2 aromatic heterocycles. The van der Waals surface area contributed by atoms with Crippen LogP contribution in [0.1, 0.15) is 20.8 Å². The molecule has 0 saturated carbocycles. The molecule has 4 aromatic rings. The van der Waals surface area contributed by atoms with Crippen LogP contribution in [0.5, 0.6) is 0 Å². The monoisotopic (exact) mass is 393 g/mol. The maximum Gasteiger partial charge on any atom is 0.281 e. The van der Waals surface area contributed by atoms with E-state index in [0.29, 0.717) is 4.88 Å². The SMILES string of the molecule is O=C(N/N=C\c1cn(Cc2ccc(Cl)cc2)c2ccccc12)c1cccs1. The van der Waals surface area contributed by atoms with Gasteiger partial charge in [0.2, 0.25) is 0 Å². The van der Waals surface area contributed by atoms with E-state index in [9.17, 15) is 4.79 Å². The van der Waals surface area contributed by atoms with Crippen molar-refractivity contribution < 1.29 is 4.79 Å². The van der Waals surface area contributed by atoms with Gasteiger partial charge in [-0.2, -0.15) is 5.10 Å². The third-order valence-corrected chi connectivity index (χ3v) is 5.32. The number of amides is 1. The minimum Gasteiger partial charge on any atom is -0.342 e. The van der Waals surface area contributed by atoms with Gasteiger partial charge >= 0.3 is 0 Å². The zero-order valence-electron chi connectivity index (χ0n) is 14.3. The van der Waals surface area contributed by atoms with Gasteiger partial charge in [0, 0.05) is 34.2 Å². The molecule has 0 aliphatic rings. The summed E-state index contributed by atoms with van der Waals surface area (Å²) >= 11 is 7.36. The molecule has 1 N–H and O–H groups in total. The lowest BCUT2D eigenvalue weighted by Crippen LogP contribution is -2.16. The summed E-state index contributed by atoms with van der Waals surface area (Å²) in [5.74, 6) is -0.203. The van der Waals surface area contributed by atoms with Crippen LogP contribution in [0.15, 0.2) is 77.3 Å². The van der Waals surface area contributed by atoms with Gasteiger partial charge in [-0.1, -0.05) is 48.0 Å². The molecule has 134 valence electrons. The number of thiophene rings is 1. The number of hydrazone groups is 1. The van der Waals surface area contributed by atoms with E-state index in [0.717, 1.165) is 33.6 Å². The summed E-state index contributed by atoms with van der Waals surface area (Å²) in [5.41, 5.74) is 5.80. The predicted molar refractivity (Wildman–Crippen MR) is 112 cm³/mol. The highest BCUT2D eigenvalue weighted by atomic mass is 35.5. The molecule has 4 nitrogen and oxygen atoms in total. The first kappa shape index (κ1) is 17.5. The molecule has 0 spiro atoms. The van der Waals surface area contributed by atoms with Crippen molar-refractivity contribution in [2.24, 2.45) is 5.10 Å². The van der Waals surface area contributed by atoms with Crippen LogP contribution < -0.4 is 5.43 Å². The molecule has 0 aliphatic heterocycles. The van der Waals surface area contributed by atoms with Crippen molar-refractivity contribution >= 4 is 46.0 Å². The number of hydrogen-bond donors (Lipinski definition) is 1. The van der Waals surface area contributed by atoms with E-state index in [1.54, 1.807) is 12.3 Å². The summed E-state index contributed by atoms with van der Waals surface area (Å²) in [6.07, 6.45) is 3.73. The number of fused-ring (bicyclic) bond motifs is 1. The summed E-state index contributed by atoms with van der Waals surface area (Å²) in [6.45, 7) is 0.729. The highest BCUT2D eigenvalue weighted by molar-refractivity contribution is 7.12. The number of carbonyl (C=O) groups is 1. The summed E-state index contributed by atoms with van der Waals surface area (Å²) in [6, 6.07) is 19.6. The Bertz CT molecular complexity index is 1100. The van der Waals surface area contributed by atoms with Crippen LogP contribution >= 0.6 is 22.9 Å². The van der Waals surface area contributed by atoms with Crippen LogP contribution in [0.25, 0.3) is 10.9 Å². The number of aromatic nitrogens is 1. The quantitative estimate of drug-likeness (QED) is 0.369. The molecule has 6 heteroatoms. The molecule has 0 unspecified atom stereocenters. The van der Waals surface area contributed by atoms with Crippen molar-refractivity contribution in [3.05, 3.63) is 93.3 Å². The van der Waals surface area contributed by atoms with Gasteiger partial charge in [0.05, 0.1) is 11.1 Å². The predicted octanol–water partition coefficient (Wildman–Crippen LogP) is 5.17. The number of nitrogens with zero attached hydrogens (tertiary/aromatic N) is 2. The number of nitrogens with one attached hydrogen (secondary N) is 1. The van der Waals surface area contributed by atoms with Crippen LogP contribution in [0, 0.1) is 0 Å².